The van der Waals surface area contributed by atoms with E-state index in [9.17, 15) is 4.79 Å². The van der Waals surface area contributed by atoms with Crippen molar-refractivity contribution in [1.82, 2.24) is 5.32 Å². The molecule has 0 unspecified atom stereocenters. The highest BCUT2D eigenvalue weighted by atomic mass is 16.5. The van der Waals surface area contributed by atoms with Gasteiger partial charge in [-0.25, -0.2) is 0 Å². The minimum absolute atomic E-state index is 0.0880. The Morgan fingerprint density at radius 3 is 2.20 bits per heavy atom. The van der Waals surface area contributed by atoms with Crippen LogP contribution >= 0.6 is 0 Å². The van der Waals surface area contributed by atoms with Crippen LogP contribution in [0, 0.1) is 0 Å². The summed E-state index contributed by atoms with van der Waals surface area (Å²) in [5.74, 6) is -0.0880. The number of carbonyl (C=O) groups excluding carboxylic acids is 1. The zero-order valence-electron chi connectivity index (χ0n) is 9.40. The SMILES string of the molecule is C1=CC=CNC=C1.CCCC(=O)OCC. The average molecular weight is 209 g/mol. The second kappa shape index (κ2) is 10.6. The molecular weight excluding hydrogens is 190 g/mol. The average Bonchev–Trinajstić information content (AvgIpc) is 2.50. The van der Waals surface area contributed by atoms with Gasteiger partial charge < -0.3 is 10.1 Å². The van der Waals surface area contributed by atoms with Crippen molar-refractivity contribution in [3.63, 3.8) is 0 Å². The molecule has 0 fully saturated rings. The van der Waals surface area contributed by atoms with Gasteiger partial charge in [0.05, 0.1) is 6.61 Å². The highest BCUT2D eigenvalue weighted by Crippen LogP contribution is 1.89. The number of rotatable bonds is 3. The summed E-state index contributed by atoms with van der Waals surface area (Å²) in [5.41, 5.74) is 0. The van der Waals surface area contributed by atoms with E-state index in [1.54, 1.807) is 0 Å². The lowest BCUT2D eigenvalue weighted by Gasteiger charge is -1.96. The van der Waals surface area contributed by atoms with Crippen LogP contribution in [0.2, 0.25) is 0 Å². The maximum absolute atomic E-state index is 10.4. The second-order valence-electron chi connectivity index (χ2n) is 2.82. The topological polar surface area (TPSA) is 38.3 Å². The molecule has 0 aromatic rings. The molecular formula is C12H19NO2. The van der Waals surface area contributed by atoms with Crippen molar-refractivity contribution < 1.29 is 9.53 Å². The van der Waals surface area contributed by atoms with Crippen LogP contribution in [0.25, 0.3) is 0 Å². The first kappa shape index (κ1) is 13.5. The van der Waals surface area contributed by atoms with E-state index in [4.69, 9.17) is 0 Å². The van der Waals surface area contributed by atoms with E-state index in [1.165, 1.54) is 0 Å². The number of ether oxygens (including phenoxy) is 1. The van der Waals surface area contributed by atoms with E-state index in [-0.39, 0.29) is 5.97 Å². The van der Waals surface area contributed by atoms with Crippen LogP contribution < -0.4 is 5.32 Å². The molecule has 15 heavy (non-hydrogen) atoms. The fraction of sp³-hybridized carbons (Fsp3) is 0.417. The van der Waals surface area contributed by atoms with Gasteiger partial charge in [0, 0.05) is 18.8 Å². The summed E-state index contributed by atoms with van der Waals surface area (Å²) in [7, 11) is 0. The molecule has 1 N–H and O–H groups in total. The molecule has 0 bridgehead atoms. The van der Waals surface area contributed by atoms with Crippen LogP contribution in [-0.4, -0.2) is 12.6 Å². The Morgan fingerprint density at radius 1 is 1.13 bits per heavy atom. The van der Waals surface area contributed by atoms with Crippen molar-refractivity contribution >= 4 is 5.97 Å². The summed E-state index contributed by atoms with van der Waals surface area (Å²) in [4.78, 5) is 10.4. The van der Waals surface area contributed by atoms with Gasteiger partial charge >= 0.3 is 5.97 Å². The number of allylic oxidation sites excluding steroid dienone is 4. The van der Waals surface area contributed by atoms with Crippen LogP contribution in [0.15, 0.2) is 36.7 Å². The molecule has 0 aliphatic carbocycles. The van der Waals surface area contributed by atoms with Gasteiger partial charge in [0.15, 0.2) is 0 Å². The van der Waals surface area contributed by atoms with E-state index in [2.05, 4.69) is 10.1 Å². The summed E-state index contributed by atoms with van der Waals surface area (Å²) in [5, 5.41) is 2.92. The third kappa shape index (κ3) is 10.4. The van der Waals surface area contributed by atoms with Gasteiger partial charge in [-0.2, -0.15) is 0 Å². The van der Waals surface area contributed by atoms with Gasteiger partial charge in [-0.15, -0.1) is 0 Å². The number of hydrogen-bond acceptors (Lipinski definition) is 3. The predicted octanol–water partition coefficient (Wildman–Crippen LogP) is 2.52. The monoisotopic (exact) mass is 209 g/mol. The Bertz CT molecular complexity index is 220. The lowest BCUT2D eigenvalue weighted by atomic mass is 10.3. The fourth-order valence-corrected chi connectivity index (χ4v) is 0.843. The lowest BCUT2D eigenvalue weighted by Crippen LogP contribution is -2.01. The highest BCUT2D eigenvalue weighted by Gasteiger charge is 1.95. The first-order valence-corrected chi connectivity index (χ1v) is 5.21. The molecule has 0 amide bonds. The third-order valence-corrected chi connectivity index (χ3v) is 1.48. The molecule has 1 rings (SSSR count). The molecule has 0 aromatic carbocycles. The number of nitrogens with one attached hydrogen (secondary N) is 1. The van der Waals surface area contributed by atoms with E-state index in [0.717, 1.165) is 6.42 Å². The van der Waals surface area contributed by atoms with E-state index in [1.807, 2.05) is 50.6 Å². The van der Waals surface area contributed by atoms with Crippen LogP contribution in [0.4, 0.5) is 0 Å². The maximum Gasteiger partial charge on any atom is 0.305 e. The van der Waals surface area contributed by atoms with Gasteiger partial charge in [-0.3, -0.25) is 4.79 Å². The van der Waals surface area contributed by atoms with Gasteiger partial charge in [-0.1, -0.05) is 19.1 Å². The Labute approximate surface area is 91.5 Å². The summed E-state index contributed by atoms with van der Waals surface area (Å²) >= 11 is 0. The Hall–Kier alpha value is -1.51. The summed E-state index contributed by atoms with van der Waals surface area (Å²) < 4.78 is 4.64. The van der Waals surface area contributed by atoms with Gasteiger partial charge in [-0.05, 0) is 25.5 Å². The molecule has 1 aliphatic heterocycles. The molecule has 0 saturated carbocycles. The second-order valence-corrected chi connectivity index (χ2v) is 2.82. The Morgan fingerprint density at radius 2 is 1.73 bits per heavy atom. The van der Waals surface area contributed by atoms with E-state index < -0.39 is 0 Å². The van der Waals surface area contributed by atoms with Crippen LogP contribution in [0.3, 0.4) is 0 Å². The van der Waals surface area contributed by atoms with Crippen LogP contribution in [0.1, 0.15) is 26.7 Å². The highest BCUT2D eigenvalue weighted by molar-refractivity contribution is 5.69. The summed E-state index contributed by atoms with van der Waals surface area (Å²) in [6.45, 7) is 4.27. The first-order valence-electron chi connectivity index (χ1n) is 5.21. The summed E-state index contributed by atoms with van der Waals surface area (Å²) in [6, 6.07) is 0. The van der Waals surface area contributed by atoms with Crippen molar-refractivity contribution in [3.05, 3.63) is 36.7 Å². The van der Waals surface area contributed by atoms with Gasteiger partial charge in [0.25, 0.3) is 0 Å². The molecule has 84 valence electrons. The molecule has 3 nitrogen and oxygen atoms in total. The molecule has 1 heterocycles. The number of hydrogen-bond donors (Lipinski definition) is 1. The largest absolute Gasteiger partial charge is 0.466 e. The van der Waals surface area contributed by atoms with Crippen molar-refractivity contribution in [2.75, 3.05) is 6.61 Å². The standard InChI is InChI=1S/C6H7N.C6H12O2/c1-2-4-6-7-5-3-1;1-3-5-6(7)8-4-2/h1-7H;3-5H2,1-2H3. The van der Waals surface area contributed by atoms with Crippen molar-refractivity contribution in [2.24, 2.45) is 0 Å². The quantitative estimate of drug-likeness (QED) is 0.726. The molecule has 3 heteroatoms. The maximum atomic E-state index is 10.4. The molecule has 0 spiro atoms. The zero-order valence-corrected chi connectivity index (χ0v) is 9.40. The molecule has 0 atom stereocenters. The Balaban J connectivity index is 0.000000262. The van der Waals surface area contributed by atoms with Crippen molar-refractivity contribution in [2.45, 2.75) is 26.7 Å². The molecule has 0 radical (unpaired) electrons. The van der Waals surface area contributed by atoms with E-state index >= 15 is 0 Å². The molecule has 0 saturated heterocycles. The smallest absolute Gasteiger partial charge is 0.305 e. The summed E-state index contributed by atoms with van der Waals surface area (Å²) in [6.07, 6.45) is 13.0. The molecule has 1 aliphatic rings. The Kier molecular flexibility index (Phi) is 9.51. The number of carbonyl (C=O) groups is 1. The third-order valence-electron chi connectivity index (χ3n) is 1.48. The van der Waals surface area contributed by atoms with E-state index in [0.29, 0.717) is 13.0 Å². The normalized spacial score (nSPS) is 12.1. The van der Waals surface area contributed by atoms with Crippen LogP contribution in [-0.2, 0) is 9.53 Å². The minimum Gasteiger partial charge on any atom is -0.466 e. The number of esters is 1. The van der Waals surface area contributed by atoms with Crippen molar-refractivity contribution in [1.29, 1.82) is 0 Å². The fourth-order valence-electron chi connectivity index (χ4n) is 0.843. The molecule has 0 aromatic heterocycles. The lowest BCUT2D eigenvalue weighted by molar-refractivity contribution is -0.143. The van der Waals surface area contributed by atoms with Gasteiger partial charge in [0.2, 0.25) is 0 Å². The predicted molar refractivity (Wildman–Crippen MR) is 62.1 cm³/mol. The van der Waals surface area contributed by atoms with Gasteiger partial charge in [0.1, 0.15) is 0 Å². The minimum atomic E-state index is -0.0880. The first-order chi connectivity index (χ1) is 7.31. The van der Waals surface area contributed by atoms with Crippen molar-refractivity contribution in [3.8, 4) is 0 Å². The zero-order chi connectivity index (χ0) is 11.4. The van der Waals surface area contributed by atoms with Crippen LogP contribution in [0.5, 0.6) is 0 Å².